The minimum atomic E-state index is -0.524. The molecule has 82 valence electrons. The van der Waals surface area contributed by atoms with Crippen LogP contribution in [0.5, 0.6) is 11.7 Å². The van der Waals surface area contributed by atoms with Crippen molar-refractivity contribution < 1.29 is 23.8 Å². The van der Waals surface area contributed by atoms with Crippen molar-refractivity contribution >= 4 is 5.97 Å². The average molecular weight is 220 g/mol. The molecule has 1 aromatic heterocycles. The number of esters is 1. The van der Waals surface area contributed by atoms with E-state index in [1.807, 2.05) is 0 Å². The highest BCUT2D eigenvalue weighted by molar-refractivity contribution is 5.69. The quantitative estimate of drug-likeness (QED) is 0.402. The van der Waals surface area contributed by atoms with E-state index in [1.165, 1.54) is 17.8 Å². The van der Waals surface area contributed by atoms with Gasteiger partial charge in [-0.05, 0) is 16.8 Å². The van der Waals surface area contributed by atoms with Gasteiger partial charge in [-0.25, -0.2) is 0 Å². The number of aromatic nitrogens is 2. The maximum atomic E-state index is 10.8. The molecular formula is C10H8N2O4. The Morgan fingerprint density at radius 2 is 2.12 bits per heavy atom. The van der Waals surface area contributed by atoms with Gasteiger partial charge in [0, 0.05) is 19.1 Å². The molecule has 6 nitrogen and oxygen atoms in total. The molecule has 0 N–H and O–H groups in total. The zero-order valence-electron chi connectivity index (χ0n) is 8.41. The van der Waals surface area contributed by atoms with Crippen molar-refractivity contribution in [3.8, 4) is 17.4 Å². The number of carbonyl (C=O) groups excluding carboxylic acids is 1. The Hall–Kier alpha value is -2.37. The van der Waals surface area contributed by atoms with Crippen molar-refractivity contribution in [2.45, 2.75) is 6.92 Å². The number of hydrogen-bond acceptors (Lipinski definition) is 5. The molecule has 0 saturated heterocycles. The molecular weight excluding hydrogens is 212 g/mol. The third kappa shape index (κ3) is 2.17. The Labute approximate surface area is 90.7 Å². The van der Waals surface area contributed by atoms with Crippen LogP contribution in [0.15, 0.2) is 35.0 Å². The largest absolute Gasteiger partial charge is 0.539 e. The summed E-state index contributed by atoms with van der Waals surface area (Å²) in [6.45, 7) is 1.32. The second-order valence-electron chi connectivity index (χ2n) is 3.05. The van der Waals surface area contributed by atoms with Crippen molar-refractivity contribution in [3.63, 3.8) is 0 Å². The Morgan fingerprint density at radius 1 is 1.44 bits per heavy atom. The van der Waals surface area contributed by atoms with E-state index in [0.717, 1.165) is 0 Å². The van der Waals surface area contributed by atoms with E-state index >= 15 is 0 Å². The summed E-state index contributed by atoms with van der Waals surface area (Å²) in [6.07, 6.45) is 1.21. The molecule has 2 aromatic rings. The second-order valence-corrected chi connectivity index (χ2v) is 3.05. The van der Waals surface area contributed by atoms with Gasteiger partial charge in [0.25, 0.3) is 0 Å². The number of benzene rings is 1. The molecule has 0 fully saturated rings. The van der Waals surface area contributed by atoms with E-state index < -0.39 is 5.95 Å². The number of hydrogen-bond donors (Lipinski definition) is 0. The van der Waals surface area contributed by atoms with Crippen molar-refractivity contribution in [2.24, 2.45) is 0 Å². The van der Waals surface area contributed by atoms with E-state index in [0.29, 0.717) is 11.4 Å². The van der Waals surface area contributed by atoms with Crippen LogP contribution in [0, 0.1) is 0 Å². The first-order valence-corrected chi connectivity index (χ1v) is 4.50. The highest BCUT2D eigenvalue weighted by atomic mass is 16.6. The zero-order chi connectivity index (χ0) is 11.5. The zero-order valence-corrected chi connectivity index (χ0v) is 8.41. The summed E-state index contributed by atoms with van der Waals surface area (Å²) < 4.78 is 10.5. The van der Waals surface area contributed by atoms with Gasteiger partial charge in [0.05, 0.1) is 5.27 Å². The molecule has 0 saturated carbocycles. The van der Waals surface area contributed by atoms with E-state index in [9.17, 15) is 9.90 Å². The summed E-state index contributed by atoms with van der Waals surface area (Å²) in [5.74, 6) is -0.476. The first kappa shape index (κ1) is 10.2. The highest BCUT2D eigenvalue weighted by Gasteiger charge is 2.09. The fourth-order valence-corrected chi connectivity index (χ4v) is 1.19. The van der Waals surface area contributed by atoms with Gasteiger partial charge in [-0.15, -0.1) is 0 Å². The maximum Gasteiger partial charge on any atom is 0.308 e. The first-order chi connectivity index (χ1) is 7.65. The lowest BCUT2D eigenvalue weighted by Crippen LogP contribution is -2.31. The van der Waals surface area contributed by atoms with E-state index in [4.69, 9.17) is 4.74 Å². The summed E-state index contributed by atoms with van der Waals surface area (Å²) in [6, 6.07) is 6.51. The summed E-state index contributed by atoms with van der Waals surface area (Å²) in [4.78, 5) is 10.7. The molecule has 0 aliphatic heterocycles. The summed E-state index contributed by atoms with van der Waals surface area (Å²) in [5.41, 5.74) is 0.641. The molecule has 1 aromatic carbocycles. The van der Waals surface area contributed by atoms with Crippen LogP contribution in [0.3, 0.4) is 0 Å². The van der Waals surface area contributed by atoms with Gasteiger partial charge in [-0.1, -0.05) is 0 Å². The normalized spacial score (nSPS) is 10.1. The van der Waals surface area contributed by atoms with Crippen LogP contribution >= 0.6 is 0 Å². The predicted molar refractivity (Wildman–Crippen MR) is 48.8 cm³/mol. The Balaban J connectivity index is 2.22. The van der Waals surface area contributed by atoms with Gasteiger partial charge >= 0.3 is 5.97 Å². The lowest BCUT2D eigenvalue weighted by molar-refractivity contribution is -0.670. The molecule has 0 unspecified atom stereocenters. The third-order valence-electron chi connectivity index (χ3n) is 1.81. The Kier molecular flexibility index (Phi) is 2.55. The Bertz CT molecular complexity index is 504. The minimum absolute atomic E-state index is 0.385. The number of carbonyl (C=O) groups is 1. The van der Waals surface area contributed by atoms with Crippen molar-refractivity contribution in [2.75, 3.05) is 0 Å². The number of rotatable bonds is 2. The number of nitrogens with zero attached hydrogens (tertiary/aromatic N) is 2. The van der Waals surface area contributed by atoms with Crippen LogP contribution in [0.1, 0.15) is 6.92 Å². The van der Waals surface area contributed by atoms with Gasteiger partial charge in [-0.3, -0.25) is 4.79 Å². The standard InChI is InChI=1S/C10H8N2O4/c1-7(13)15-9-4-2-8(3-5-9)12-6-10(14)16-11-12/h2-6H,1H3. The summed E-state index contributed by atoms with van der Waals surface area (Å²) >= 11 is 0. The smallest absolute Gasteiger partial charge is 0.308 e. The molecule has 0 amide bonds. The number of ether oxygens (including phenoxy) is 1. The van der Waals surface area contributed by atoms with Gasteiger partial charge in [-0.2, -0.15) is 0 Å². The van der Waals surface area contributed by atoms with Crippen LogP contribution in [-0.4, -0.2) is 11.2 Å². The molecule has 0 atom stereocenters. The fourth-order valence-electron chi connectivity index (χ4n) is 1.19. The molecule has 0 bridgehead atoms. The molecule has 6 heteroatoms. The second kappa shape index (κ2) is 4.01. The lowest BCUT2D eigenvalue weighted by Gasteiger charge is -1.98. The van der Waals surface area contributed by atoms with Crippen LogP contribution in [0.25, 0.3) is 5.69 Å². The SMILES string of the molecule is CC(=O)Oc1ccc(-[n+]2cc([O-])on2)cc1. The first-order valence-electron chi connectivity index (χ1n) is 4.50. The van der Waals surface area contributed by atoms with Crippen molar-refractivity contribution in [3.05, 3.63) is 30.5 Å². The van der Waals surface area contributed by atoms with Gasteiger partial charge < -0.3 is 14.4 Å². The summed E-state index contributed by atoms with van der Waals surface area (Å²) in [7, 11) is 0. The van der Waals surface area contributed by atoms with Gasteiger partial charge in [0.15, 0.2) is 0 Å². The lowest BCUT2D eigenvalue weighted by atomic mass is 10.3. The van der Waals surface area contributed by atoms with Crippen LogP contribution in [0.4, 0.5) is 0 Å². The predicted octanol–water partition coefficient (Wildman–Crippen LogP) is -0.0498. The maximum absolute atomic E-state index is 10.8. The molecule has 0 aliphatic rings. The van der Waals surface area contributed by atoms with Gasteiger partial charge in [0.2, 0.25) is 11.9 Å². The van der Waals surface area contributed by atoms with Gasteiger partial charge in [0.1, 0.15) is 11.7 Å². The Morgan fingerprint density at radius 3 is 2.62 bits per heavy atom. The van der Waals surface area contributed by atoms with Crippen LogP contribution in [-0.2, 0) is 4.79 Å². The van der Waals surface area contributed by atoms with E-state index in [-0.39, 0.29) is 5.97 Å². The fraction of sp³-hybridized carbons (Fsp3) is 0.100. The van der Waals surface area contributed by atoms with Crippen molar-refractivity contribution in [1.82, 2.24) is 5.27 Å². The molecule has 0 spiro atoms. The van der Waals surface area contributed by atoms with E-state index in [1.54, 1.807) is 24.3 Å². The summed E-state index contributed by atoms with van der Waals surface area (Å²) in [5, 5.41) is 14.3. The molecule has 16 heavy (non-hydrogen) atoms. The average Bonchev–Trinajstić information content (AvgIpc) is 2.65. The van der Waals surface area contributed by atoms with Crippen LogP contribution < -0.4 is 14.5 Å². The molecule has 0 radical (unpaired) electrons. The van der Waals surface area contributed by atoms with Crippen LogP contribution in [0.2, 0.25) is 0 Å². The highest BCUT2D eigenvalue weighted by Crippen LogP contribution is 2.12. The third-order valence-corrected chi connectivity index (χ3v) is 1.81. The minimum Gasteiger partial charge on any atom is -0.539 e. The molecule has 0 aliphatic carbocycles. The monoisotopic (exact) mass is 220 g/mol. The topological polar surface area (TPSA) is 79.3 Å². The molecule has 1 heterocycles. The van der Waals surface area contributed by atoms with E-state index in [2.05, 4.69) is 9.79 Å². The van der Waals surface area contributed by atoms with Crippen molar-refractivity contribution in [1.29, 1.82) is 0 Å². The molecule has 2 rings (SSSR count).